The van der Waals surface area contributed by atoms with Crippen LogP contribution in [-0.2, 0) is 0 Å². The summed E-state index contributed by atoms with van der Waals surface area (Å²) >= 11 is 5.62. The largest absolute Gasteiger partial charge is 0.294 e. The summed E-state index contributed by atoms with van der Waals surface area (Å²) in [5.41, 5.74) is 0.556. The minimum absolute atomic E-state index is 0.0848. The van der Waals surface area contributed by atoms with Crippen LogP contribution in [0, 0.1) is 11.3 Å². The predicted octanol–water partition coefficient (Wildman–Crippen LogP) is 1.81. The number of hydrogen-bond donors (Lipinski definition) is 0. The van der Waals surface area contributed by atoms with Crippen molar-refractivity contribution < 1.29 is 4.79 Å². The van der Waals surface area contributed by atoms with Crippen LogP contribution in [0.4, 0.5) is 0 Å². The van der Waals surface area contributed by atoms with Gasteiger partial charge >= 0.3 is 0 Å². The fraction of sp³-hybridized carbons (Fsp3) is 0.125. The monoisotopic (exact) mass is 180 g/mol. The number of nitrogens with zero attached hydrogens (tertiary/aromatic N) is 2. The van der Waals surface area contributed by atoms with E-state index in [0.717, 1.165) is 0 Å². The summed E-state index contributed by atoms with van der Waals surface area (Å²) in [6.45, 7) is 1.40. The third-order valence-corrected chi connectivity index (χ3v) is 1.63. The quantitative estimate of drug-likeness (QED) is 0.489. The average molecular weight is 181 g/mol. The smallest absolute Gasteiger partial charge is 0.162 e. The molecule has 0 atom stereocenters. The van der Waals surface area contributed by atoms with Gasteiger partial charge in [-0.25, -0.2) is 4.98 Å². The number of pyridine rings is 1. The second-order valence-electron chi connectivity index (χ2n) is 2.20. The first-order valence-corrected chi connectivity index (χ1v) is 3.60. The lowest BCUT2D eigenvalue weighted by atomic mass is 10.2. The Labute approximate surface area is 74.6 Å². The van der Waals surface area contributed by atoms with Crippen LogP contribution >= 0.6 is 11.6 Å². The molecule has 0 bridgehead atoms. The molecule has 1 aromatic rings. The number of nitriles is 1. The van der Waals surface area contributed by atoms with Crippen LogP contribution in [0.15, 0.2) is 12.1 Å². The zero-order valence-corrected chi connectivity index (χ0v) is 7.09. The Bertz CT molecular complexity index is 368. The fourth-order valence-corrected chi connectivity index (χ4v) is 1.05. The number of ketones is 1. The zero-order valence-electron chi connectivity index (χ0n) is 6.34. The highest BCUT2D eigenvalue weighted by Gasteiger charge is 2.06. The van der Waals surface area contributed by atoms with Crippen LogP contribution in [0.5, 0.6) is 0 Å². The van der Waals surface area contributed by atoms with Gasteiger partial charge in [0.05, 0.1) is 5.56 Å². The molecule has 1 rings (SSSR count). The number of hydrogen-bond acceptors (Lipinski definition) is 3. The van der Waals surface area contributed by atoms with Crippen molar-refractivity contribution in [3.63, 3.8) is 0 Å². The van der Waals surface area contributed by atoms with E-state index < -0.39 is 0 Å². The highest BCUT2D eigenvalue weighted by molar-refractivity contribution is 6.32. The number of aromatic nitrogens is 1. The summed E-state index contributed by atoms with van der Waals surface area (Å²) in [6.07, 6.45) is 0. The van der Waals surface area contributed by atoms with Crippen molar-refractivity contribution in [2.24, 2.45) is 0 Å². The first-order chi connectivity index (χ1) is 5.65. The Hall–Kier alpha value is -1.40. The van der Waals surface area contributed by atoms with Crippen LogP contribution in [-0.4, -0.2) is 10.8 Å². The van der Waals surface area contributed by atoms with Crippen LogP contribution in [0.2, 0.25) is 5.15 Å². The normalized spacial score (nSPS) is 9.08. The average Bonchev–Trinajstić information content (AvgIpc) is 2.03. The third-order valence-electron chi connectivity index (χ3n) is 1.34. The molecule has 0 aliphatic heterocycles. The lowest BCUT2D eigenvalue weighted by Crippen LogP contribution is -1.96. The second-order valence-corrected chi connectivity index (χ2v) is 2.56. The molecule has 0 aromatic carbocycles. The maximum Gasteiger partial charge on any atom is 0.162 e. The van der Waals surface area contributed by atoms with E-state index in [-0.39, 0.29) is 16.6 Å². The molecular formula is C8H5ClN2O. The van der Waals surface area contributed by atoms with Crippen molar-refractivity contribution in [2.75, 3.05) is 0 Å². The van der Waals surface area contributed by atoms with Crippen molar-refractivity contribution in [2.45, 2.75) is 6.92 Å². The van der Waals surface area contributed by atoms with Gasteiger partial charge < -0.3 is 0 Å². The highest BCUT2D eigenvalue weighted by atomic mass is 35.5. The maximum atomic E-state index is 10.9. The molecule has 12 heavy (non-hydrogen) atoms. The van der Waals surface area contributed by atoms with Crippen LogP contribution in [0.3, 0.4) is 0 Å². The Morgan fingerprint density at radius 1 is 1.67 bits per heavy atom. The van der Waals surface area contributed by atoms with Crippen LogP contribution in [0.1, 0.15) is 23.0 Å². The second kappa shape index (κ2) is 3.33. The maximum absolute atomic E-state index is 10.9. The molecule has 0 aliphatic rings. The van der Waals surface area contributed by atoms with Gasteiger partial charge in [0.2, 0.25) is 0 Å². The Morgan fingerprint density at radius 3 is 2.75 bits per heavy atom. The molecule has 0 N–H and O–H groups in total. The third kappa shape index (κ3) is 1.60. The summed E-state index contributed by atoms with van der Waals surface area (Å²) in [4.78, 5) is 14.6. The molecule has 0 unspecified atom stereocenters. The van der Waals surface area contributed by atoms with E-state index >= 15 is 0 Å². The number of carbonyl (C=O) groups is 1. The van der Waals surface area contributed by atoms with Gasteiger partial charge in [0.15, 0.2) is 5.78 Å². The minimum atomic E-state index is -0.156. The molecule has 3 nitrogen and oxygen atoms in total. The molecule has 0 fully saturated rings. The van der Waals surface area contributed by atoms with E-state index in [9.17, 15) is 4.79 Å². The number of Topliss-reactive ketones (excluding diaryl/α,β-unsaturated/α-hetero) is 1. The number of carbonyl (C=O) groups excluding carboxylic acids is 1. The Morgan fingerprint density at radius 2 is 2.33 bits per heavy atom. The summed E-state index contributed by atoms with van der Waals surface area (Å²) in [5, 5.41) is 8.52. The van der Waals surface area contributed by atoms with Crippen LogP contribution in [0.25, 0.3) is 0 Å². The summed E-state index contributed by atoms with van der Waals surface area (Å²) in [7, 11) is 0. The van der Waals surface area contributed by atoms with E-state index in [2.05, 4.69) is 4.98 Å². The molecule has 1 aromatic heterocycles. The van der Waals surface area contributed by atoms with E-state index in [1.807, 2.05) is 6.07 Å². The van der Waals surface area contributed by atoms with Gasteiger partial charge in [0, 0.05) is 0 Å². The molecule has 1 heterocycles. The van der Waals surface area contributed by atoms with Crippen molar-refractivity contribution in [1.29, 1.82) is 5.26 Å². The topological polar surface area (TPSA) is 53.8 Å². The minimum Gasteiger partial charge on any atom is -0.294 e. The molecular weight excluding hydrogens is 176 g/mol. The molecule has 0 radical (unpaired) electrons. The van der Waals surface area contributed by atoms with Crippen molar-refractivity contribution in [3.05, 3.63) is 28.5 Å². The van der Waals surface area contributed by atoms with Gasteiger partial charge in [-0.15, -0.1) is 0 Å². The molecule has 0 saturated heterocycles. The predicted molar refractivity (Wildman–Crippen MR) is 44.0 cm³/mol. The van der Waals surface area contributed by atoms with Gasteiger partial charge in [-0.3, -0.25) is 4.79 Å². The highest BCUT2D eigenvalue weighted by Crippen LogP contribution is 2.13. The molecule has 4 heteroatoms. The van der Waals surface area contributed by atoms with Gasteiger partial charge in [0.1, 0.15) is 16.9 Å². The molecule has 60 valence electrons. The molecule has 0 amide bonds. The van der Waals surface area contributed by atoms with Gasteiger partial charge in [-0.05, 0) is 19.1 Å². The Kier molecular flexibility index (Phi) is 2.41. The number of rotatable bonds is 1. The fourth-order valence-electron chi connectivity index (χ4n) is 0.759. The Balaban J connectivity index is 3.23. The lowest BCUT2D eigenvalue weighted by molar-refractivity contribution is 0.101. The van der Waals surface area contributed by atoms with Gasteiger partial charge in [-0.2, -0.15) is 5.26 Å². The zero-order chi connectivity index (χ0) is 9.14. The lowest BCUT2D eigenvalue weighted by Gasteiger charge is -1.97. The summed E-state index contributed by atoms with van der Waals surface area (Å²) in [5.74, 6) is -0.156. The molecule has 0 spiro atoms. The van der Waals surface area contributed by atoms with E-state index in [1.165, 1.54) is 19.1 Å². The van der Waals surface area contributed by atoms with E-state index in [0.29, 0.717) is 5.56 Å². The van der Waals surface area contributed by atoms with Crippen molar-refractivity contribution in [1.82, 2.24) is 4.98 Å². The molecule has 0 saturated carbocycles. The number of halogens is 1. The van der Waals surface area contributed by atoms with Crippen LogP contribution < -0.4 is 0 Å². The molecule has 0 aliphatic carbocycles. The summed E-state index contributed by atoms with van der Waals surface area (Å²) in [6, 6.07) is 4.78. The van der Waals surface area contributed by atoms with Crippen molar-refractivity contribution in [3.8, 4) is 6.07 Å². The van der Waals surface area contributed by atoms with E-state index in [1.54, 1.807) is 0 Å². The van der Waals surface area contributed by atoms with Crippen molar-refractivity contribution >= 4 is 17.4 Å². The first-order valence-electron chi connectivity index (χ1n) is 3.22. The van der Waals surface area contributed by atoms with Gasteiger partial charge in [-0.1, -0.05) is 11.6 Å². The summed E-state index contributed by atoms with van der Waals surface area (Å²) < 4.78 is 0. The first kappa shape index (κ1) is 8.69. The van der Waals surface area contributed by atoms with E-state index in [4.69, 9.17) is 16.9 Å². The van der Waals surface area contributed by atoms with Gasteiger partial charge in [0.25, 0.3) is 0 Å². The standard InChI is InChI=1S/C8H5ClN2O/c1-5(12)7-3-2-6(4-10)11-8(7)9/h2-3H,1H3. The SMILES string of the molecule is CC(=O)c1ccc(C#N)nc1Cl.